The van der Waals surface area contributed by atoms with Crippen LogP contribution >= 0.6 is 11.3 Å². The standard InChI is InChI=1S/C13H20N2O5S/c1-4-19-7-6-15-11-8(12(16)18-3)9(14)10(21-11)13(17)20-5-2/h15H,4-7,14H2,1-3H3. The summed E-state index contributed by atoms with van der Waals surface area (Å²) in [5.74, 6) is -1.15. The highest BCUT2D eigenvalue weighted by Gasteiger charge is 2.26. The third-order valence-corrected chi connectivity index (χ3v) is 3.67. The number of anilines is 2. The van der Waals surface area contributed by atoms with E-state index in [0.717, 1.165) is 11.3 Å². The molecule has 0 radical (unpaired) electrons. The van der Waals surface area contributed by atoms with E-state index in [-0.39, 0.29) is 22.7 Å². The topological polar surface area (TPSA) is 99.9 Å². The van der Waals surface area contributed by atoms with Crippen LogP contribution < -0.4 is 11.1 Å². The van der Waals surface area contributed by atoms with Crippen LogP contribution in [-0.4, -0.2) is 45.4 Å². The number of hydrogen-bond acceptors (Lipinski definition) is 8. The summed E-state index contributed by atoms with van der Waals surface area (Å²) in [6, 6.07) is 0. The average molecular weight is 316 g/mol. The first kappa shape index (κ1) is 17.3. The fourth-order valence-corrected chi connectivity index (χ4v) is 2.63. The van der Waals surface area contributed by atoms with Crippen molar-refractivity contribution in [2.45, 2.75) is 13.8 Å². The van der Waals surface area contributed by atoms with Crippen LogP contribution in [0.15, 0.2) is 0 Å². The highest BCUT2D eigenvalue weighted by molar-refractivity contribution is 7.19. The van der Waals surface area contributed by atoms with Crippen LogP contribution in [0.2, 0.25) is 0 Å². The van der Waals surface area contributed by atoms with Crippen LogP contribution in [0, 0.1) is 0 Å². The SMILES string of the molecule is CCOCCNc1sc(C(=O)OCC)c(N)c1C(=O)OC. The van der Waals surface area contributed by atoms with Crippen LogP contribution in [0.5, 0.6) is 0 Å². The van der Waals surface area contributed by atoms with Gasteiger partial charge in [-0.1, -0.05) is 0 Å². The first-order valence-electron chi connectivity index (χ1n) is 6.56. The molecule has 8 heteroatoms. The Bertz CT molecular complexity index is 501. The van der Waals surface area contributed by atoms with Gasteiger partial charge >= 0.3 is 11.9 Å². The van der Waals surface area contributed by atoms with E-state index in [4.69, 9.17) is 19.9 Å². The maximum atomic E-state index is 11.8. The summed E-state index contributed by atoms with van der Waals surface area (Å²) in [6.07, 6.45) is 0. The Labute approximate surface area is 127 Å². The number of nitrogens with one attached hydrogen (secondary N) is 1. The molecule has 1 heterocycles. The lowest BCUT2D eigenvalue weighted by molar-refractivity contribution is 0.0533. The van der Waals surface area contributed by atoms with Crippen molar-refractivity contribution in [2.24, 2.45) is 0 Å². The third kappa shape index (κ3) is 4.33. The summed E-state index contributed by atoms with van der Waals surface area (Å²) < 4.78 is 14.8. The largest absolute Gasteiger partial charge is 0.465 e. The molecule has 0 aromatic carbocycles. The molecule has 0 aliphatic heterocycles. The predicted octanol–water partition coefficient (Wildman–Crippen LogP) is 1.74. The first-order chi connectivity index (χ1) is 10.1. The van der Waals surface area contributed by atoms with E-state index >= 15 is 0 Å². The van der Waals surface area contributed by atoms with Crippen LogP contribution in [0.3, 0.4) is 0 Å². The van der Waals surface area contributed by atoms with Gasteiger partial charge in [-0.2, -0.15) is 0 Å². The molecule has 0 unspecified atom stereocenters. The fourth-order valence-electron chi connectivity index (χ4n) is 1.60. The molecule has 0 saturated heterocycles. The Morgan fingerprint density at radius 2 is 1.95 bits per heavy atom. The molecule has 0 fully saturated rings. The number of nitrogens with two attached hydrogens (primary N) is 1. The number of nitrogen functional groups attached to an aromatic ring is 1. The Kier molecular flexibility index (Phi) is 6.97. The molecule has 0 saturated carbocycles. The van der Waals surface area contributed by atoms with Crippen molar-refractivity contribution in [1.29, 1.82) is 0 Å². The van der Waals surface area contributed by atoms with Gasteiger partial charge in [-0.15, -0.1) is 11.3 Å². The Morgan fingerprint density at radius 1 is 1.24 bits per heavy atom. The van der Waals surface area contributed by atoms with Crippen molar-refractivity contribution in [3.63, 3.8) is 0 Å². The van der Waals surface area contributed by atoms with Gasteiger partial charge in [0.15, 0.2) is 0 Å². The van der Waals surface area contributed by atoms with Gasteiger partial charge in [0.2, 0.25) is 0 Å². The maximum absolute atomic E-state index is 11.8. The lowest BCUT2D eigenvalue weighted by Gasteiger charge is -2.06. The molecule has 0 atom stereocenters. The summed E-state index contributed by atoms with van der Waals surface area (Å²) in [4.78, 5) is 23.8. The smallest absolute Gasteiger partial charge is 0.350 e. The van der Waals surface area contributed by atoms with Gasteiger partial charge in [0, 0.05) is 13.2 Å². The zero-order valence-electron chi connectivity index (χ0n) is 12.4. The van der Waals surface area contributed by atoms with E-state index in [1.54, 1.807) is 6.92 Å². The van der Waals surface area contributed by atoms with Crippen molar-refractivity contribution >= 4 is 34.0 Å². The molecule has 118 valence electrons. The summed E-state index contributed by atoms with van der Waals surface area (Å²) in [6.45, 7) is 5.39. The van der Waals surface area contributed by atoms with Crippen molar-refractivity contribution in [3.8, 4) is 0 Å². The lowest BCUT2D eigenvalue weighted by Crippen LogP contribution is -2.12. The molecule has 0 bridgehead atoms. The zero-order chi connectivity index (χ0) is 15.8. The van der Waals surface area contributed by atoms with Crippen molar-refractivity contribution in [3.05, 3.63) is 10.4 Å². The molecule has 21 heavy (non-hydrogen) atoms. The number of esters is 2. The number of hydrogen-bond donors (Lipinski definition) is 2. The number of carbonyl (C=O) groups is 2. The minimum Gasteiger partial charge on any atom is -0.465 e. The molecule has 0 amide bonds. The van der Waals surface area contributed by atoms with Gasteiger partial charge in [0.1, 0.15) is 15.4 Å². The first-order valence-corrected chi connectivity index (χ1v) is 7.37. The van der Waals surface area contributed by atoms with E-state index in [2.05, 4.69) is 5.32 Å². The second kappa shape index (κ2) is 8.48. The number of thiophene rings is 1. The molecule has 3 N–H and O–H groups in total. The quantitative estimate of drug-likeness (QED) is 0.556. The van der Waals surface area contributed by atoms with E-state index in [1.807, 2.05) is 6.92 Å². The Balaban J connectivity index is 3.00. The molecular formula is C13H20N2O5S. The van der Waals surface area contributed by atoms with Crippen LogP contribution in [0.1, 0.15) is 33.9 Å². The predicted molar refractivity (Wildman–Crippen MR) is 81.0 cm³/mol. The Hall–Kier alpha value is -1.80. The molecule has 0 aliphatic carbocycles. The van der Waals surface area contributed by atoms with E-state index < -0.39 is 11.9 Å². The fraction of sp³-hybridized carbons (Fsp3) is 0.538. The van der Waals surface area contributed by atoms with Crippen LogP contribution in [-0.2, 0) is 14.2 Å². The van der Waals surface area contributed by atoms with Gasteiger partial charge in [-0.3, -0.25) is 0 Å². The third-order valence-electron chi connectivity index (χ3n) is 2.53. The van der Waals surface area contributed by atoms with Crippen molar-refractivity contribution < 1.29 is 23.8 Å². The molecule has 1 aromatic heterocycles. The lowest BCUT2D eigenvalue weighted by atomic mass is 10.2. The second-order valence-corrected chi connectivity index (χ2v) is 4.91. The van der Waals surface area contributed by atoms with Gasteiger partial charge in [-0.05, 0) is 13.8 Å². The number of rotatable bonds is 8. The molecule has 7 nitrogen and oxygen atoms in total. The molecule has 1 aromatic rings. The van der Waals surface area contributed by atoms with Gasteiger partial charge in [-0.25, -0.2) is 9.59 Å². The van der Waals surface area contributed by atoms with Gasteiger partial charge < -0.3 is 25.3 Å². The monoisotopic (exact) mass is 316 g/mol. The summed E-state index contributed by atoms with van der Waals surface area (Å²) in [7, 11) is 1.26. The van der Waals surface area contributed by atoms with E-state index in [9.17, 15) is 9.59 Å². The molecule has 1 rings (SSSR count). The van der Waals surface area contributed by atoms with E-state index in [0.29, 0.717) is 24.8 Å². The Morgan fingerprint density at radius 3 is 2.52 bits per heavy atom. The highest BCUT2D eigenvalue weighted by Crippen LogP contribution is 2.36. The molecule has 0 aliphatic rings. The summed E-state index contributed by atoms with van der Waals surface area (Å²) in [5.41, 5.74) is 6.11. The maximum Gasteiger partial charge on any atom is 0.350 e. The van der Waals surface area contributed by atoms with E-state index in [1.165, 1.54) is 7.11 Å². The van der Waals surface area contributed by atoms with Crippen molar-refractivity contribution in [1.82, 2.24) is 0 Å². The summed E-state index contributed by atoms with van der Waals surface area (Å²) >= 11 is 1.07. The summed E-state index contributed by atoms with van der Waals surface area (Å²) in [5, 5.41) is 3.50. The highest BCUT2D eigenvalue weighted by atomic mass is 32.1. The number of methoxy groups -OCH3 is 1. The molecular weight excluding hydrogens is 296 g/mol. The molecule has 0 spiro atoms. The second-order valence-electron chi connectivity index (χ2n) is 3.88. The van der Waals surface area contributed by atoms with Crippen LogP contribution in [0.25, 0.3) is 0 Å². The van der Waals surface area contributed by atoms with Crippen molar-refractivity contribution in [2.75, 3.05) is 44.5 Å². The zero-order valence-corrected chi connectivity index (χ0v) is 13.2. The van der Waals surface area contributed by atoms with Gasteiger partial charge in [0.25, 0.3) is 0 Å². The number of ether oxygens (including phenoxy) is 3. The van der Waals surface area contributed by atoms with Crippen LogP contribution in [0.4, 0.5) is 10.7 Å². The number of carbonyl (C=O) groups excluding carboxylic acids is 2. The minimum absolute atomic E-state index is 0.0733. The minimum atomic E-state index is -0.599. The average Bonchev–Trinajstić information content (AvgIpc) is 2.80. The normalized spacial score (nSPS) is 10.2. The van der Waals surface area contributed by atoms with Gasteiger partial charge in [0.05, 0.1) is 26.0 Å².